The van der Waals surface area contributed by atoms with E-state index in [1.54, 1.807) is 7.11 Å². The van der Waals surface area contributed by atoms with Crippen LogP contribution in [0.4, 0.5) is 10.5 Å². The Bertz CT molecular complexity index is 720. The maximum absolute atomic E-state index is 12.4. The van der Waals surface area contributed by atoms with Crippen molar-refractivity contribution in [2.45, 2.75) is 64.3 Å². The van der Waals surface area contributed by atoms with Gasteiger partial charge in [0.05, 0.1) is 12.8 Å². The van der Waals surface area contributed by atoms with Crippen LogP contribution in [0.2, 0.25) is 0 Å². The number of benzene rings is 1. The van der Waals surface area contributed by atoms with E-state index in [1.807, 2.05) is 23.1 Å². The van der Waals surface area contributed by atoms with Crippen molar-refractivity contribution in [3.63, 3.8) is 0 Å². The summed E-state index contributed by atoms with van der Waals surface area (Å²) in [5.41, 5.74) is 1.76. The molecule has 3 amide bonds. The van der Waals surface area contributed by atoms with E-state index >= 15 is 0 Å². The summed E-state index contributed by atoms with van der Waals surface area (Å²) in [6.45, 7) is 7.65. The highest BCUT2D eigenvalue weighted by Gasteiger charge is 2.35. The maximum atomic E-state index is 12.4. The molecule has 1 saturated carbocycles. The zero-order valence-electron chi connectivity index (χ0n) is 17.5. The number of rotatable bonds is 5. The number of hydrogen-bond acceptors (Lipinski definition) is 3. The highest BCUT2D eigenvalue weighted by atomic mass is 16.5. The molecule has 2 fully saturated rings. The fourth-order valence-corrected chi connectivity index (χ4v) is 4.19. The van der Waals surface area contributed by atoms with Gasteiger partial charge in [0.25, 0.3) is 0 Å². The van der Waals surface area contributed by atoms with Crippen molar-refractivity contribution < 1.29 is 14.3 Å². The number of nitrogens with zero attached hydrogens (tertiary/aromatic N) is 1. The Morgan fingerprint density at radius 2 is 1.96 bits per heavy atom. The Labute approximate surface area is 168 Å². The van der Waals surface area contributed by atoms with Crippen molar-refractivity contribution in [2.75, 3.05) is 25.5 Å². The first-order chi connectivity index (χ1) is 13.3. The Hall–Kier alpha value is -2.24. The van der Waals surface area contributed by atoms with E-state index in [0.29, 0.717) is 30.4 Å². The second kappa shape index (κ2) is 8.41. The van der Waals surface area contributed by atoms with Crippen molar-refractivity contribution in [3.05, 3.63) is 23.8 Å². The quantitative estimate of drug-likeness (QED) is 0.805. The van der Waals surface area contributed by atoms with Crippen LogP contribution in [0.3, 0.4) is 0 Å². The Balaban J connectivity index is 1.55. The molecule has 2 aliphatic rings. The van der Waals surface area contributed by atoms with Crippen molar-refractivity contribution in [3.8, 4) is 5.75 Å². The largest absolute Gasteiger partial charge is 0.495 e. The van der Waals surface area contributed by atoms with Crippen molar-refractivity contribution >= 4 is 17.6 Å². The van der Waals surface area contributed by atoms with E-state index in [2.05, 4.69) is 31.4 Å². The van der Waals surface area contributed by atoms with E-state index in [-0.39, 0.29) is 23.3 Å². The summed E-state index contributed by atoms with van der Waals surface area (Å²) in [4.78, 5) is 26.8. The molecule has 154 valence electrons. The molecule has 1 aromatic carbocycles. The minimum Gasteiger partial charge on any atom is -0.495 e. The van der Waals surface area contributed by atoms with Gasteiger partial charge in [-0.05, 0) is 36.0 Å². The summed E-state index contributed by atoms with van der Waals surface area (Å²) in [6, 6.07) is 6.00. The van der Waals surface area contributed by atoms with Crippen LogP contribution in [0.25, 0.3) is 0 Å². The van der Waals surface area contributed by atoms with Gasteiger partial charge in [-0.3, -0.25) is 4.79 Å². The normalized spacial score (nSPS) is 20.5. The summed E-state index contributed by atoms with van der Waals surface area (Å²) >= 11 is 0. The number of amides is 3. The third kappa shape index (κ3) is 4.78. The monoisotopic (exact) mass is 387 g/mol. The highest BCUT2D eigenvalue weighted by molar-refractivity contribution is 5.91. The molecule has 1 aromatic rings. The molecule has 1 heterocycles. The number of hydrogen-bond donors (Lipinski definition) is 2. The Kier molecular flexibility index (Phi) is 6.16. The zero-order valence-corrected chi connectivity index (χ0v) is 17.5. The number of methoxy groups -OCH3 is 1. The molecule has 2 N–H and O–H groups in total. The molecule has 0 radical (unpaired) electrons. The van der Waals surface area contributed by atoms with Crippen LogP contribution in [-0.4, -0.2) is 43.1 Å². The van der Waals surface area contributed by atoms with E-state index in [9.17, 15) is 9.59 Å². The molecule has 0 bridgehead atoms. The van der Waals surface area contributed by atoms with Crippen LogP contribution in [0, 0.1) is 5.92 Å². The van der Waals surface area contributed by atoms with Gasteiger partial charge in [0.1, 0.15) is 5.75 Å². The molecule has 0 aromatic heterocycles. The molecule has 6 nitrogen and oxygen atoms in total. The molecular formula is C22H33N3O3. The van der Waals surface area contributed by atoms with Crippen molar-refractivity contribution in [2.24, 2.45) is 5.92 Å². The van der Waals surface area contributed by atoms with Gasteiger partial charge in [0.15, 0.2) is 0 Å². The summed E-state index contributed by atoms with van der Waals surface area (Å²) in [5, 5.41) is 5.83. The van der Waals surface area contributed by atoms with E-state index < -0.39 is 0 Å². The highest BCUT2D eigenvalue weighted by Crippen LogP contribution is 2.32. The van der Waals surface area contributed by atoms with Crippen molar-refractivity contribution in [1.29, 1.82) is 0 Å². The first kappa shape index (κ1) is 20.5. The van der Waals surface area contributed by atoms with Gasteiger partial charge in [0.2, 0.25) is 5.91 Å². The SMILES string of the molecule is COc1ccc(C(C)(C)C)cc1NC(=O)NC[C@H]1CC(=O)N(C2CCCC2)C1. The molecule has 1 aliphatic heterocycles. The number of anilines is 1. The number of nitrogens with one attached hydrogen (secondary N) is 2. The van der Waals surface area contributed by atoms with Gasteiger partial charge < -0.3 is 20.3 Å². The summed E-state index contributed by atoms with van der Waals surface area (Å²) in [6.07, 6.45) is 5.21. The summed E-state index contributed by atoms with van der Waals surface area (Å²) < 4.78 is 5.38. The lowest BCUT2D eigenvalue weighted by Gasteiger charge is -2.24. The third-order valence-electron chi connectivity index (χ3n) is 5.87. The van der Waals surface area contributed by atoms with Crippen LogP contribution in [0.1, 0.15) is 58.4 Å². The molecule has 1 saturated heterocycles. The van der Waals surface area contributed by atoms with Crippen LogP contribution >= 0.6 is 0 Å². The van der Waals surface area contributed by atoms with Crippen LogP contribution < -0.4 is 15.4 Å². The van der Waals surface area contributed by atoms with E-state index in [1.165, 1.54) is 12.8 Å². The van der Waals surface area contributed by atoms with E-state index in [4.69, 9.17) is 4.74 Å². The predicted molar refractivity (Wildman–Crippen MR) is 111 cm³/mol. The first-order valence-corrected chi connectivity index (χ1v) is 10.3. The van der Waals surface area contributed by atoms with Crippen LogP contribution in [-0.2, 0) is 10.2 Å². The smallest absolute Gasteiger partial charge is 0.319 e. The Morgan fingerprint density at radius 3 is 2.61 bits per heavy atom. The number of carbonyl (C=O) groups excluding carboxylic acids is 2. The van der Waals surface area contributed by atoms with Gasteiger partial charge in [-0.1, -0.05) is 39.7 Å². The topological polar surface area (TPSA) is 70.7 Å². The van der Waals surface area contributed by atoms with Gasteiger partial charge in [-0.25, -0.2) is 4.79 Å². The standard InChI is InChI=1S/C22H33N3O3/c1-22(2,3)16-9-10-19(28-4)18(12-16)24-21(27)23-13-15-11-20(26)25(14-15)17-7-5-6-8-17/h9-10,12,15,17H,5-8,11,13-14H2,1-4H3,(H2,23,24,27)/t15-/m1/s1. The second-order valence-corrected chi connectivity index (χ2v) is 9.05. The maximum Gasteiger partial charge on any atom is 0.319 e. The molecule has 0 unspecified atom stereocenters. The number of ether oxygens (including phenoxy) is 1. The molecule has 3 rings (SSSR count). The molecule has 0 spiro atoms. The average molecular weight is 388 g/mol. The van der Waals surface area contributed by atoms with E-state index in [0.717, 1.165) is 24.9 Å². The number of likely N-dealkylation sites (tertiary alicyclic amines) is 1. The van der Waals surface area contributed by atoms with Crippen LogP contribution in [0.15, 0.2) is 18.2 Å². The zero-order chi connectivity index (χ0) is 20.3. The first-order valence-electron chi connectivity index (χ1n) is 10.3. The molecular weight excluding hydrogens is 354 g/mol. The fourth-order valence-electron chi connectivity index (χ4n) is 4.19. The van der Waals surface area contributed by atoms with Gasteiger partial charge in [-0.2, -0.15) is 0 Å². The lowest BCUT2D eigenvalue weighted by atomic mass is 9.87. The number of urea groups is 1. The van der Waals surface area contributed by atoms with Crippen molar-refractivity contribution in [1.82, 2.24) is 10.2 Å². The molecule has 6 heteroatoms. The lowest BCUT2D eigenvalue weighted by molar-refractivity contribution is -0.129. The minimum atomic E-state index is -0.267. The molecule has 28 heavy (non-hydrogen) atoms. The Morgan fingerprint density at radius 1 is 1.25 bits per heavy atom. The predicted octanol–water partition coefficient (Wildman–Crippen LogP) is 3.91. The average Bonchev–Trinajstić information content (AvgIpc) is 3.28. The molecule has 1 atom stereocenters. The minimum absolute atomic E-state index is 0.0207. The number of carbonyl (C=O) groups is 2. The van der Waals surface area contributed by atoms with Crippen LogP contribution in [0.5, 0.6) is 5.75 Å². The third-order valence-corrected chi connectivity index (χ3v) is 5.87. The lowest BCUT2D eigenvalue weighted by Crippen LogP contribution is -2.37. The van der Waals surface area contributed by atoms with Gasteiger partial charge >= 0.3 is 6.03 Å². The summed E-state index contributed by atoms with van der Waals surface area (Å²) in [5.74, 6) is 1.05. The second-order valence-electron chi connectivity index (χ2n) is 9.05. The summed E-state index contributed by atoms with van der Waals surface area (Å²) in [7, 11) is 1.59. The fraction of sp³-hybridized carbons (Fsp3) is 0.636. The molecule has 1 aliphatic carbocycles. The van der Waals surface area contributed by atoms with Gasteiger partial charge in [-0.15, -0.1) is 0 Å². The van der Waals surface area contributed by atoms with Gasteiger partial charge in [0, 0.05) is 31.5 Å².